The summed E-state index contributed by atoms with van der Waals surface area (Å²) >= 11 is 0. The van der Waals surface area contributed by atoms with Crippen molar-refractivity contribution in [2.45, 2.75) is 26.5 Å². The molecule has 0 heterocycles. The van der Waals surface area contributed by atoms with Crippen LogP contribution in [0.1, 0.15) is 19.4 Å². The maximum atomic E-state index is 9.28. The van der Waals surface area contributed by atoms with Crippen LogP contribution < -0.4 is 5.46 Å². The fourth-order valence-corrected chi connectivity index (χ4v) is 1.74. The van der Waals surface area contributed by atoms with Gasteiger partial charge in [-0.25, -0.2) is 0 Å². The number of hydrogen-bond donors (Lipinski definition) is 2. The number of likely N-dealkylation sites (N-methyl/N-ethyl adjacent to an activating group) is 1. The molecule has 0 aromatic heterocycles. The molecule has 0 aliphatic heterocycles. The van der Waals surface area contributed by atoms with Crippen LogP contribution in [-0.4, -0.2) is 48.4 Å². The maximum absolute atomic E-state index is 9.28. The summed E-state index contributed by atoms with van der Waals surface area (Å²) in [5, 5.41) is 18.6. The maximum Gasteiger partial charge on any atom is 0.488 e. The van der Waals surface area contributed by atoms with E-state index < -0.39 is 7.12 Å². The molecule has 1 rings (SSSR count). The molecule has 0 spiro atoms. The van der Waals surface area contributed by atoms with E-state index in [1.54, 1.807) is 12.1 Å². The molecule has 1 aromatic rings. The Bertz CT molecular complexity index is 358. The van der Waals surface area contributed by atoms with E-state index in [1.165, 1.54) is 0 Å². The number of benzene rings is 1. The first-order valence-corrected chi connectivity index (χ1v) is 6.24. The molecule has 0 radical (unpaired) electrons. The molecule has 0 fully saturated rings. The molecule has 0 saturated heterocycles. The van der Waals surface area contributed by atoms with E-state index in [4.69, 9.17) is 4.74 Å². The fourth-order valence-electron chi connectivity index (χ4n) is 1.74. The first-order valence-electron chi connectivity index (χ1n) is 6.24. The highest BCUT2D eigenvalue weighted by molar-refractivity contribution is 6.59. The van der Waals surface area contributed by atoms with Crippen LogP contribution in [0.5, 0.6) is 0 Å². The lowest BCUT2D eigenvalue weighted by molar-refractivity contribution is 0.0627. The zero-order valence-corrected chi connectivity index (χ0v) is 11.3. The molecule has 1 aromatic carbocycles. The van der Waals surface area contributed by atoms with Gasteiger partial charge in [-0.3, -0.25) is 4.90 Å². The molecule has 4 nitrogen and oxygen atoms in total. The topological polar surface area (TPSA) is 52.9 Å². The normalized spacial score (nSPS) is 11.3. The Morgan fingerprint density at radius 2 is 1.94 bits per heavy atom. The van der Waals surface area contributed by atoms with Crippen LogP contribution in [0.4, 0.5) is 0 Å². The predicted molar refractivity (Wildman–Crippen MR) is 73.7 cm³/mol. The van der Waals surface area contributed by atoms with Gasteiger partial charge in [0, 0.05) is 13.1 Å². The third-order valence-corrected chi connectivity index (χ3v) is 2.70. The van der Waals surface area contributed by atoms with Crippen LogP contribution in [0.2, 0.25) is 0 Å². The number of hydrogen-bond acceptors (Lipinski definition) is 4. The zero-order valence-electron chi connectivity index (χ0n) is 11.3. The Hall–Kier alpha value is -0.875. The van der Waals surface area contributed by atoms with Gasteiger partial charge in [0.05, 0.1) is 12.7 Å². The van der Waals surface area contributed by atoms with Crippen LogP contribution in [0, 0.1) is 0 Å². The summed E-state index contributed by atoms with van der Waals surface area (Å²) in [5.41, 5.74) is 1.49. The van der Waals surface area contributed by atoms with Gasteiger partial charge >= 0.3 is 7.12 Å². The van der Waals surface area contributed by atoms with Gasteiger partial charge in [-0.2, -0.15) is 0 Å². The van der Waals surface area contributed by atoms with Gasteiger partial charge in [-0.15, -0.1) is 0 Å². The first-order chi connectivity index (χ1) is 8.50. The van der Waals surface area contributed by atoms with E-state index in [-0.39, 0.29) is 6.10 Å². The monoisotopic (exact) mass is 251 g/mol. The third kappa shape index (κ3) is 5.18. The van der Waals surface area contributed by atoms with E-state index in [0.29, 0.717) is 18.6 Å². The number of nitrogens with zero attached hydrogens (tertiary/aromatic N) is 1. The minimum Gasteiger partial charge on any atom is -0.423 e. The van der Waals surface area contributed by atoms with E-state index in [1.807, 2.05) is 33.0 Å². The Morgan fingerprint density at radius 1 is 1.28 bits per heavy atom. The molecule has 0 unspecified atom stereocenters. The van der Waals surface area contributed by atoms with Crippen molar-refractivity contribution in [1.29, 1.82) is 0 Å². The molecule has 2 N–H and O–H groups in total. The second-order valence-corrected chi connectivity index (χ2v) is 4.73. The SMILES string of the molecule is CC(C)OCCN(C)Cc1ccccc1B(O)O. The van der Waals surface area contributed by atoms with Gasteiger partial charge in [0.15, 0.2) is 0 Å². The van der Waals surface area contributed by atoms with Crippen molar-refractivity contribution in [1.82, 2.24) is 4.90 Å². The van der Waals surface area contributed by atoms with Gasteiger partial charge in [0.1, 0.15) is 0 Å². The molecule has 5 heteroatoms. The molecular weight excluding hydrogens is 229 g/mol. The van der Waals surface area contributed by atoms with Crippen molar-refractivity contribution in [3.63, 3.8) is 0 Å². The van der Waals surface area contributed by atoms with Crippen molar-refractivity contribution in [2.24, 2.45) is 0 Å². The summed E-state index contributed by atoms with van der Waals surface area (Å²) in [6, 6.07) is 7.35. The zero-order chi connectivity index (χ0) is 13.5. The quantitative estimate of drug-likeness (QED) is 0.681. The second-order valence-electron chi connectivity index (χ2n) is 4.73. The van der Waals surface area contributed by atoms with Gasteiger partial charge < -0.3 is 14.8 Å². The summed E-state index contributed by atoms with van der Waals surface area (Å²) in [5.74, 6) is 0. The molecule has 0 aliphatic carbocycles. The molecule has 100 valence electrons. The molecule has 18 heavy (non-hydrogen) atoms. The highest BCUT2D eigenvalue weighted by Crippen LogP contribution is 2.02. The highest BCUT2D eigenvalue weighted by Gasteiger charge is 2.15. The van der Waals surface area contributed by atoms with Crippen molar-refractivity contribution in [3.8, 4) is 0 Å². The lowest BCUT2D eigenvalue weighted by atomic mass is 9.77. The second kappa shape index (κ2) is 7.54. The third-order valence-electron chi connectivity index (χ3n) is 2.70. The molecule has 0 atom stereocenters. The Labute approximate surface area is 109 Å². The smallest absolute Gasteiger partial charge is 0.423 e. The summed E-state index contributed by atoms with van der Waals surface area (Å²) in [7, 11) is 0.575. The lowest BCUT2D eigenvalue weighted by Crippen LogP contribution is -2.35. The van der Waals surface area contributed by atoms with Crippen LogP contribution in [0.3, 0.4) is 0 Å². The van der Waals surface area contributed by atoms with E-state index in [9.17, 15) is 10.0 Å². The molecule has 0 saturated carbocycles. The van der Waals surface area contributed by atoms with Crippen LogP contribution in [0.25, 0.3) is 0 Å². The molecular formula is C13H22BNO3. The molecule has 0 amide bonds. The Kier molecular flexibility index (Phi) is 6.36. The Morgan fingerprint density at radius 3 is 2.56 bits per heavy atom. The number of ether oxygens (including phenoxy) is 1. The average molecular weight is 251 g/mol. The van der Waals surface area contributed by atoms with E-state index >= 15 is 0 Å². The molecule has 0 bridgehead atoms. The van der Waals surface area contributed by atoms with Gasteiger partial charge in [0.2, 0.25) is 0 Å². The average Bonchev–Trinajstić information content (AvgIpc) is 2.28. The van der Waals surface area contributed by atoms with Crippen LogP contribution in [0.15, 0.2) is 24.3 Å². The van der Waals surface area contributed by atoms with Gasteiger partial charge in [0.25, 0.3) is 0 Å². The van der Waals surface area contributed by atoms with E-state index in [0.717, 1.165) is 12.1 Å². The molecule has 0 aliphatic rings. The van der Waals surface area contributed by atoms with Gasteiger partial charge in [-0.05, 0) is 31.9 Å². The number of rotatable bonds is 7. The minimum atomic E-state index is -1.42. The predicted octanol–water partition coefficient (Wildman–Crippen LogP) is 0.223. The summed E-state index contributed by atoms with van der Waals surface area (Å²) in [6.45, 7) is 6.19. The highest BCUT2D eigenvalue weighted by atomic mass is 16.5. The van der Waals surface area contributed by atoms with Crippen molar-refractivity contribution in [2.75, 3.05) is 20.2 Å². The van der Waals surface area contributed by atoms with E-state index in [2.05, 4.69) is 4.90 Å². The van der Waals surface area contributed by atoms with Crippen LogP contribution in [-0.2, 0) is 11.3 Å². The largest absolute Gasteiger partial charge is 0.488 e. The van der Waals surface area contributed by atoms with Crippen molar-refractivity contribution < 1.29 is 14.8 Å². The minimum absolute atomic E-state index is 0.241. The first kappa shape index (κ1) is 15.2. The van der Waals surface area contributed by atoms with Crippen molar-refractivity contribution >= 4 is 12.6 Å². The van der Waals surface area contributed by atoms with Gasteiger partial charge in [-0.1, -0.05) is 24.3 Å². The van der Waals surface area contributed by atoms with Crippen LogP contribution >= 0.6 is 0 Å². The summed E-state index contributed by atoms with van der Waals surface area (Å²) < 4.78 is 5.49. The Balaban J connectivity index is 2.51. The lowest BCUT2D eigenvalue weighted by Gasteiger charge is -2.19. The summed E-state index contributed by atoms with van der Waals surface area (Å²) in [4.78, 5) is 2.10. The standard InChI is InChI=1S/C13H22BNO3/c1-11(2)18-9-8-15(3)10-12-6-4-5-7-13(12)14(16)17/h4-7,11,16-17H,8-10H2,1-3H3. The van der Waals surface area contributed by atoms with Crippen molar-refractivity contribution in [3.05, 3.63) is 29.8 Å². The fraction of sp³-hybridized carbons (Fsp3) is 0.538. The summed E-state index contributed by atoms with van der Waals surface area (Å²) in [6.07, 6.45) is 0.241.